The zero-order valence-electron chi connectivity index (χ0n) is 7.17. The Bertz CT molecular complexity index is 485. The fourth-order valence-corrected chi connectivity index (χ4v) is 1.66. The number of halogens is 2. The molecule has 0 aliphatic heterocycles. The lowest BCUT2D eigenvalue weighted by Gasteiger charge is -2.03. The maximum atomic E-state index is 6.07. The minimum absolute atomic E-state index is 0.282. The molecule has 2 N–H and O–H groups in total. The van der Waals surface area contributed by atoms with Gasteiger partial charge in [-0.1, -0.05) is 23.2 Å². The molecule has 0 amide bonds. The lowest BCUT2D eigenvalue weighted by molar-refractivity contribution is 0.920. The minimum atomic E-state index is 0.282. The van der Waals surface area contributed by atoms with Gasteiger partial charge < -0.3 is 5.73 Å². The number of benzene rings is 1. The predicted molar refractivity (Wildman–Crippen MR) is 57.4 cm³/mol. The quantitative estimate of drug-likeness (QED) is 0.815. The summed E-state index contributed by atoms with van der Waals surface area (Å²) >= 11 is 11.9. The molecular weight excluding hydrogens is 221 g/mol. The van der Waals surface area contributed by atoms with E-state index in [0.717, 1.165) is 5.39 Å². The van der Waals surface area contributed by atoms with Crippen molar-refractivity contribution in [2.45, 2.75) is 6.54 Å². The third kappa shape index (κ3) is 1.54. The van der Waals surface area contributed by atoms with E-state index in [4.69, 9.17) is 28.9 Å². The zero-order chi connectivity index (χ0) is 10.1. The Balaban J connectivity index is 2.77. The summed E-state index contributed by atoms with van der Waals surface area (Å²) in [7, 11) is 0. The highest BCUT2D eigenvalue weighted by atomic mass is 35.5. The van der Waals surface area contributed by atoms with Gasteiger partial charge >= 0.3 is 0 Å². The Hall–Kier alpha value is -0.900. The maximum absolute atomic E-state index is 6.07. The summed E-state index contributed by atoms with van der Waals surface area (Å²) in [5, 5.41) is 9.87. The van der Waals surface area contributed by atoms with Gasteiger partial charge in [0.2, 0.25) is 0 Å². The van der Waals surface area contributed by atoms with Crippen LogP contribution in [0.4, 0.5) is 0 Å². The molecule has 0 spiro atoms. The summed E-state index contributed by atoms with van der Waals surface area (Å²) in [4.78, 5) is 0. The molecule has 72 valence electrons. The fraction of sp³-hybridized carbons (Fsp3) is 0.111. The van der Waals surface area contributed by atoms with Crippen molar-refractivity contribution in [3.8, 4) is 0 Å². The summed E-state index contributed by atoms with van der Waals surface area (Å²) in [5.74, 6) is 0. The van der Waals surface area contributed by atoms with Crippen LogP contribution in [0, 0.1) is 0 Å². The number of nitrogens with two attached hydrogens (primary N) is 1. The molecule has 0 aliphatic rings. The van der Waals surface area contributed by atoms with E-state index in [9.17, 15) is 0 Å². The SMILES string of the molecule is NCc1nnc2cc(Cl)ccc2c1Cl. The van der Waals surface area contributed by atoms with Crippen molar-refractivity contribution in [3.05, 3.63) is 33.9 Å². The van der Waals surface area contributed by atoms with Crippen molar-refractivity contribution in [3.63, 3.8) is 0 Å². The lowest BCUT2D eigenvalue weighted by Crippen LogP contribution is -2.02. The van der Waals surface area contributed by atoms with Gasteiger partial charge in [0.1, 0.15) is 0 Å². The van der Waals surface area contributed by atoms with E-state index in [0.29, 0.717) is 21.3 Å². The van der Waals surface area contributed by atoms with Crippen molar-refractivity contribution in [1.29, 1.82) is 0 Å². The van der Waals surface area contributed by atoms with Gasteiger partial charge in [-0.25, -0.2) is 0 Å². The maximum Gasteiger partial charge on any atom is 0.0959 e. The van der Waals surface area contributed by atoms with Crippen LogP contribution in [-0.4, -0.2) is 10.2 Å². The first-order valence-corrected chi connectivity index (χ1v) is 4.78. The van der Waals surface area contributed by atoms with Gasteiger partial charge in [-0.3, -0.25) is 0 Å². The van der Waals surface area contributed by atoms with E-state index in [1.807, 2.05) is 6.07 Å². The number of hydrogen-bond acceptors (Lipinski definition) is 3. The molecule has 2 aromatic rings. The van der Waals surface area contributed by atoms with E-state index in [1.54, 1.807) is 12.1 Å². The molecule has 0 atom stereocenters. The van der Waals surface area contributed by atoms with Crippen LogP contribution in [0.5, 0.6) is 0 Å². The van der Waals surface area contributed by atoms with Gasteiger partial charge in [0.25, 0.3) is 0 Å². The molecule has 0 saturated carbocycles. The van der Waals surface area contributed by atoms with Crippen LogP contribution in [0.1, 0.15) is 5.69 Å². The molecule has 1 aromatic heterocycles. The van der Waals surface area contributed by atoms with Crippen LogP contribution in [0.25, 0.3) is 10.9 Å². The molecule has 14 heavy (non-hydrogen) atoms. The van der Waals surface area contributed by atoms with Gasteiger partial charge in [0.15, 0.2) is 0 Å². The second-order valence-corrected chi connectivity index (χ2v) is 3.64. The van der Waals surface area contributed by atoms with Crippen molar-refractivity contribution >= 4 is 34.1 Å². The van der Waals surface area contributed by atoms with Crippen LogP contribution >= 0.6 is 23.2 Å². The highest BCUT2D eigenvalue weighted by Gasteiger charge is 2.06. The topological polar surface area (TPSA) is 51.8 Å². The number of hydrogen-bond donors (Lipinski definition) is 1. The number of nitrogens with zero attached hydrogens (tertiary/aromatic N) is 2. The second-order valence-electron chi connectivity index (χ2n) is 2.83. The largest absolute Gasteiger partial charge is 0.325 e. The molecule has 5 heteroatoms. The Morgan fingerprint density at radius 3 is 2.71 bits per heavy atom. The van der Waals surface area contributed by atoms with Crippen molar-refractivity contribution in [2.24, 2.45) is 5.73 Å². The Labute approximate surface area is 90.8 Å². The Morgan fingerprint density at radius 2 is 2.00 bits per heavy atom. The summed E-state index contributed by atoms with van der Waals surface area (Å²) in [6.45, 7) is 0.282. The first-order valence-electron chi connectivity index (χ1n) is 4.03. The molecule has 0 aliphatic carbocycles. The molecule has 2 rings (SSSR count). The predicted octanol–water partition coefficient (Wildman–Crippen LogP) is 2.40. The zero-order valence-corrected chi connectivity index (χ0v) is 8.68. The van der Waals surface area contributed by atoms with Crippen LogP contribution in [-0.2, 0) is 6.54 Å². The fourth-order valence-electron chi connectivity index (χ4n) is 1.22. The van der Waals surface area contributed by atoms with Crippen molar-refractivity contribution in [2.75, 3.05) is 0 Å². The molecule has 0 unspecified atom stereocenters. The second kappa shape index (κ2) is 3.69. The molecule has 3 nitrogen and oxygen atoms in total. The van der Waals surface area contributed by atoms with E-state index < -0.39 is 0 Å². The van der Waals surface area contributed by atoms with Crippen LogP contribution in [0.15, 0.2) is 18.2 Å². The average molecular weight is 228 g/mol. The summed E-state index contributed by atoms with van der Waals surface area (Å²) in [6.07, 6.45) is 0. The molecule has 1 aromatic carbocycles. The van der Waals surface area contributed by atoms with E-state index in [2.05, 4.69) is 10.2 Å². The standard InChI is InChI=1S/C9H7Cl2N3/c10-5-1-2-6-7(3-5)13-14-8(4-12)9(6)11/h1-3H,4,12H2. The first-order chi connectivity index (χ1) is 6.72. The van der Waals surface area contributed by atoms with E-state index in [-0.39, 0.29) is 6.54 Å². The first kappa shape index (κ1) is 9.65. The summed E-state index contributed by atoms with van der Waals surface area (Å²) in [6, 6.07) is 5.29. The molecule has 0 fully saturated rings. The molecule has 0 radical (unpaired) electrons. The lowest BCUT2D eigenvalue weighted by atomic mass is 10.2. The van der Waals surface area contributed by atoms with Crippen LogP contribution < -0.4 is 5.73 Å². The third-order valence-corrected chi connectivity index (χ3v) is 2.58. The molecule has 0 bridgehead atoms. The monoisotopic (exact) mass is 227 g/mol. The van der Waals surface area contributed by atoms with Crippen LogP contribution in [0.2, 0.25) is 10.0 Å². The molecular formula is C9H7Cl2N3. The van der Waals surface area contributed by atoms with Crippen LogP contribution in [0.3, 0.4) is 0 Å². The number of aromatic nitrogens is 2. The minimum Gasteiger partial charge on any atom is -0.325 e. The smallest absolute Gasteiger partial charge is 0.0959 e. The normalized spacial score (nSPS) is 10.8. The molecule has 1 heterocycles. The summed E-state index contributed by atoms with van der Waals surface area (Å²) < 4.78 is 0. The molecule has 0 saturated heterocycles. The third-order valence-electron chi connectivity index (χ3n) is 1.92. The van der Waals surface area contributed by atoms with E-state index in [1.165, 1.54) is 0 Å². The van der Waals surface area contributed by atoms with Gasteiger partial charge in [-0.15, -0.1) is 0 Å². The van der Waals surface area contributed by atoms with Gasteiger partial charge in [0, 0.05) is 17.0 Å². The van der Waals surface area contributed by atoms with Gasteiger partial charge in [-0.2, -0.15) is 10.2 Å². The highest BCUT2D eigenvalue weighted by molar-refractivity contribution is 6.36. The highest BCUT2D eigenvalue weighted by Crippen LogP contribution is 2.25. The Morgan fingerprint density at radius 1 is 1.21 bits per heavy atom. The average Bonchev–Trinajstić information content (AvgIpc) is 2.18. The van der Waals surface area contributed by atoms with Crippen molar-refractivity contribution < 1.29 is 0 Å². The van der Waals surface area contributed by atoms with Gasteiger partial charge in [-0.05, 0) is 18.2 Å². The van der Waals surface area contributed by atoms with Crippen molar-refractivity contribution in [1.82, 2.24) is 10.2 Å². The summed E-state index contributed by atoms with van der Waals surface area (Å²) in [5.41, 5.74) is 6.74. The number of fused-ring (bicyclic) bond motifs is 1. The number of rotatable bonds is 1. The van der Waals surface area contributed by atoms with E-state index >= 15 is 0 Å². The van der Waals surface area contributed by atoms with Gasteiger partial charge in [0.05, 0.1) is 16.2 Å². The Kier molecular flexibility index (Phi) is 2.54.